The van der Waals surface area contributed by atoms with Crippen LogP contribution in [0, 0.1) is 5.92 Å². The highest BCUT2D eigenvalue weighted by molar-refractivity contribution is 6.00. The molecule has 1 aliphatic rings. The number of aromatic hydroxyl groups is 1. The summed E-state index contributed by atoms with van der Waals surface area (Å²) in [6.45, 7) is 1.03. The molecule has 1 fully saturated rings. The molecule has 0 unspecified atom stereocenters. The number of ether oxygens (including phenoxy) is 1. The van der Waals surface area contributed by atoms with Crippen LogP contribution in [-0.4, -0.2) is 52.1 Å². The van der Waals surface area contributed by atoms with Crippen LogP contribution >= 0.6 is 0 Å². The molecule has 2 aromatic carbocycles. The minimum absolute atomic E-state index is 0.0596. The fourth-order valence-electron chi connectivity index (χ4n) is 3.80. The number of phenolic OH excluding ortho intramolecular Hbond substituents is 1. The van der Waals surface area contributed by atoms with E-state index >= 15 is 0 Å². The number of carbonyl (C=O) groups excluding carboxylic acids is 2. The molecule has 2 heterocycles. The summed E-state index contributed by atoms with van der Waals surface area (Å²) in [4.78, 5) is 27.6. The number of piperidine rings is 1. The van der Waals surface area contributed by atoms with Gasteiger partial charge in [-0.05, 0) is 61.4 Å². The number of aromatic nitrogens is 2. The van der Waals surface area contributed by atoms with Crippen LogP contribution in [0.5, 0.6) is 11.5 Å². The predicted molar refractivity (Wildman–Crippen MR) is 112 cm³/mol. The van der Waals surface area contributed by atoms with E-state index in [4.69, 9.17) is 4.74 Å². The van der Waals surface area contributed by atoms with Crippen molar-refractivity contribution in [1.29, 1.82) is 0 Å². The summed E-state index contributed by atoms with van der Waals surface area (Å²) in [7, 11) is 1.61. The predicted octanol–water partition coefficient (Wildman–Crippen LogP) is 3.53. The molecule has 0 aliphatic carbocycles. The zero-order valence-electron chi connectivity index (χ0n) is 16.7. The standard InChI is InChI=1S/C23H23N3O4/c1-30-19-8-4-15(5-9-19)21-20(14-24-25-21)23(29)26-12-10-17(11-13-26)22(28)16-2-6-18(27)7-3-16/h2-9,14,17,27H,10-13H2,1H3,(H,24,25). The number of nitrogens with zero attached hydrogens (tertiary/aromatic N) is 2. The van der Waals surface area contributed by atoms with E-state index in [1.165, 1.54) is 12.1 Å². The molecule has 30 heavy (non-hydrogen) atoms. The second kappa shape index (κ2) is 8.41. The summed E-state index contributed by atoms with van der Waals surface area (Å²) in [6, 6.07) is 13.8. The largest absolute Gasteiger partial charge is 0.508 e. The molecule has 0 spiro atoms. The van der Waals surface area contributed by atoms with Gasteiger partial charge in [-0.2, -0.15) is 5.10 Å². The molecule has 4 rings (SSSR count). The smallest absolute Gasteiger partial charge is 0.257 e. The number of H-pyrrole nitrogens is 1. The van der Waals surface area contributed by atoms with Crippen molar-refractivity contribution in [2.24, 2.45) is 5.92 Å². The van der Waals surface area contributed by atoms with E-state index in [-0.39, 0.29) is 23.4 Å². The van der Waals surface area contributed by atoms with Crippen LogP contribution in [0.4, 0.5) is 0 Å². The number of hydrogen-bond donors (Lipinski definition) is 2. The van der Waals surface area contributed by atoms with Crippen molar-refractivity contribution in [3.8, 4) is 22.8 Å². The van der Waals surface area contributed by atoms with Crippen LogP contribution in [-0.2, 0) is 0 Å². The minimum atomic E-state index is -0.121. The molecule has 1 amide bonds. The van der Waals surface area contributed by atoms with Gasteiger partial charge in [-0.15, -0.1) is 0 Å². The molecule has 7 heteroatoms. The normalized spacial score (nSPS) is 14.5. The number of rotatable bonds is 5. The quantitative estimate of drug-likeness (QED) is 0.633. The van der Waals surface area contributed by atoms with Gasteiger partial charge >= 0.3 is 0 Å². The minimum Gasteiger partial charge on any atom is -0.508 e. The molecule has 7 nitrogen and oxygen atoms in total. The summed E-state index contributed by atoms with van der Waals surface area (Å²) in [5.74, 6) is 0.727. The molecular weight excluding hydrogens is 382 g/mol. The Kier molecular flexibility index (Phi) is 5.52. The Morgan fingerprint density at radius 3 is 2.37 bits per heavy atom. The monoisotopic (exact) mass is 405 g/mol. The first-order valence-electron chi connectivity index (χ1n) is 9.87. The Balaban J connectivity index is 1.43. The number of benzene rings is 2. The lowest BCUT2D eigenvalue weighted by Gasteiger charge is -2.31. The van der Waals surface area contributed by atoms with Gasteiger partial charge in [0.15, 0.2) is 5.78 Å². The maximum atomic E-state index is 13.1. The molecule has 1 saturated heterocycles. The van der Waals surface area contributed by atoms with Crippen LogP contribution in [0.3, 0.4) is 0 Å². The van der Waals surface area contributed by atoms with E-state index in [1.54, 1.807) is 30.3 Å². The van der Waals surface area contributed by atoms with Crippen LogP contribution < -0.4 is 4.74 Å². The molecule has 154 valence electrons. The fourth-order valence-corrected chi connectivity index (χ4v) is 3.80. The Labute approximate surface area is 174 Å². The van der Waals surface area contributed by atoms with Crippen LogP contribution in [0.2, 0.25) is 0 Å². The zero-order chi connectivity index (χ0) is 21.1. The Hall–Kier alpha value is -3.61. The van der Waals surface area contributed by atoms with Gasteiger partial charge in [-0.3, -0.25) is 14.7 Å². The maximum Gasteiger partial charge on any atom is 0.257 e. The van der Waals surface area contributed by atoms with E-state index in [0.717, 1.165) is 11.3 Å². The van der Waals surface area contributed by atoms with Crippen molar-refractivity contribution in [3.63, 3.8) is 0 Å². The average molecular weight is 405 g/mol. The number of aromatic amines is 1. The topological polar surface area (TPSA) is 95.5 Å². The summed E-state index contributed by atoms with van der Waals surface area (Å²) in [6.07, 6.45) is 2.78. The van der Waals surface area contributed by atoms with Gasteiger partial charge in [0.2, 0.25) is 0 Å². The second-order valence-electron chi connectivity index (χ2n) is 7.36. The highest BCUT2D eigenvalue weighted by atomic mass is 16.5. The van der Waals surface area contributed by atoms with Crippen molar-refractivity contribution in [3.05, 3.63) is 65.9 Å². The number of carbonyl (C=O) groups is 2. The van der Waals surface area contributed by atoms with E-state index in [1.807, 2.05) is 24.3 Å². The van der Waals surface area contributed by atoms with Crippen molar-refractivity contribution in [2.45, 2.75) is 12.8 Å². The Bertz CT molecular complexity index is 1030. The van der Waals surface area contributed by atoms with E-state index < -0.39 is 0 Å². The number of amides is 1. The molecule has 1 aromatic heterocycles. The Morgan fingerprint density at radius 2 is 1.73 bits per heavy atom. The highest BCUT2D eigenvalue weighted by Gasteiger charge is 2.30. The highest BCUT2D eigenvalue weighted by Crippen LogP contribution is 2.27. The van der Waals surface area contributed by atoms with E-state index in [2.05, 4.69) is 10.2 Å². The summed E-state index contributed by atoms with van der Waals surface area (Å²) >= 11 is 0. The molecular formula is C23H23N3O4. The third kappa shape index (κ3) is 3.91. The summed E-state index contributed by atoms with van der Waals surface area (Å²) in [5.41, 5.74) is 2.64. The number of ketones is 1. The Morgan fingerprint density at radius 1 is 1.07 bits per heavy atom. The summed E-state index contributed by atoms with van der Waals surface area (Å²) in [5, 5.41) is 16.4. The van der Waals surface area contributed by atoms with E-state index in [9.17, 15) is 14.7 Å². The SMILES string of the molecule is COc1ccc(-c2[nH]ncc2C(=O)N2CCC(C(=O)c3ccc(O)cc3)CC2)cc1. The van der Waals surface area contributed by atoms with Gasteiger partial charge in [0, 0.05) is 30.1 Å². The van der Waals surface area contributed by atoms with Gasteiger partial charge in [-0.1, -0.05) is 0 Å². The third-order valence-corrected chi connectivity index (χ3v) is 5.55. The van der Waals surface area contributed by atoms with Crippen molar-refractivity contribution >= 4 is 11.7 Å². The third-order valence-electron chi connectivity index (χ3n) is 5.55. The number of hydrogen-bond acceptors (Lipinski definition) is 5. The van der Waals surface area contributed by atoms with Crippen molar-refractivity contribution in [2.75, 3.05) is 20.2 Å². The lowest BCUT2D eigenvalue weighted by molar-refractivity contribution is 0.0651. The van der Waals surface area contributed by atoms with E-state index in [0.29, 0.717) is 42.8 Å². The lowest BCUT2D eigenvalue weighted by Crippen LogP contribution is -2.40. The van der Waals surface area contributed by atoms with Crippen LogP contribution in [0.15, 0.2) is 54.7 Å². The van der Waals surface area contributed by atoms with Crippen molar-refractivity contribution < 1.29 is 19.4 Å². The van der Waals surface area contributed by atoms with Crippen LogP contribution in [0.25, 0.3) is 11.3 Å². The van der Waals surface area contributed by atoms with Gasteiger partial charge in [0.1, 0.15) is 11.5 Å². The van der Waals surface area contributed by atoms with Gasteiger partial charge in [0.25, 0.3) is 5.91 Å². The maximum absolute atomic E-state index is 13.1. The first kappa shape index (κ1) is 19.7. The number of Topliss-reactive ketones (excluding diaryl/α,β-unsaturated/α-hetero) is 1. The molecule has 0 saturated carbocycles. The van der Waals surface area contributed by atoms with Gasteiger partial charge < -0.3 is 14.7 Å². The number of nitrogens with one attached hydrogen (secondary N) is 1. The number of phenols is 1. The lowest BCUT2D eigenvalue weighted by atomic mass is 9.88. The average Bonchev–Trinajstić information content (AvgIpc) is 3.29. The molecule has 2 N–H and O–H groups in total. The second-order valence-corrected chi connectivity index (χ2v) is 7.36. The fraction of sp³-hybridized carbons (Fsp3) is 0.261. The van der Waals surface area contributed by atoms with Crippen LogP contribution in [0.1, 0.15) is 33.6 Å². The number of methoxy groups -OCH3 is 1. The molecule has 3 aromatic rings. The number of likely N-dealkylation sites (tertiary alicyclic amines) is 1. The molecule has 0 bridgehead atoms. The first-order valence-corrected chi connectivity index (χ1v) is 9.87. The summed E-state index contributed by atoms with van der Waals surface area (Å²) < 4.78 is 5.19. The molecule has 1 aliphatic heterocycles. The van der Waals surface area contributed by atoms with Gasteiger partial charge in [-0.25, -0.2) is 0 Å². The van der Waals surface area contributed by atoms with Gasteiger partial charge in [0.05, 0.1) is 24.6 Å². The molecule has 0 radical (unpaired) electrons. The van der Waals surface area contributed by atoms with Crippen molar-refractivity contribution in [1.82, 2.24) is 15.1 Å². The first-order chi connectivity index (χ1) is 14.6. The molecule has 0 atom stereocenters. The zero-order valence-corrected chi connectivity index (χ0v) is 16.7.